The Morgan fingerprint density at radius 2 is 1.91 bits per heavy atom. The summed E-state index contributed by atoms with van der Waals surface area (Å²) >= 11 is 1.67. The molecule has 33 heavy (non-hydrogen) atoms. The number of carbonyl (C=O) groups excluding carboxylic acids is 2. The molecule has 0 bridgehead atoms. The van der Waals surface area contributed by atoms with Crippen molar-refractivity contribution in [3.8, 4) is 0 Å². The summed E-state index contributed by atoms with van der Waals surface area (Å²) in [6, 6.07) is 17.4. The third kappa shape index (κ3) is 4.18. The number of esters is 1. The molecule has 2 aliphatic rings. The van der Waals surface area contributed by atoms with Crippen molar-refractivity contribution >= 4 is 23.1 Å². The number of allylic oxidation sites excluding steroid dienone is 3. The van der Waals surface area contributed by atoms with E-state index in [1.165, 1.54) is 4.88 Å². The topological polar surface area (TPSA) is 68.5 Å². The first kappa shape index (κ1) is 21.5. The number of carbonyl (C=O) groups is 2. The van der Waals surface area contributed by atoms with E-state index >= 15 is 0 Å². The van der Waals surface area contributed by atoms with E-state index < -0.39 is 11.9 Å². The Balaban J connectivity index is 1.50. The number of ether oxygens (including phenoxy) is 1. The van der Waals surface area contributed by atoms with Crippen molar-refractivity contribution < 1.29 is 18.7 Å². The average Bonchev–Trinajstić information content (AvgIpc) is 3.49. The molecule has 168 valence electrons. The van der Waals surface area contributed by atoms with Crippen molar-refractivity contribution in [2.45, 2.75) is 45.1 Å². The minimum Gasteiger partial charge on any atom is -0.465 e. The summed E-state index contributed by atoms with van der Waals surface area (Å²) in [6.45, 7) is 3.89. The van der Waals surface area contributed by atoms with Crippen molar-refractivity contribution in [1.82, 2.24) is 5.32 Å². The van der Waals surface area contributed by atoms with Crippen LogP contribution in [0.2, 0.25) is 0 Å². The van der Waals surface area contributed by atoms with Gasteiger partial charge >= 0.3 is 5.97 Å². The number of aryl methyl sites for hydroxylation is 1. The lowest BCUT2D eigenvalue weighted by Gasteiger charge is -2.35. The zero-order valence-corrected chi connectivity index (χ0v) is 19.4. The van der Waals surface area contributed by atoms with Gasteiger partial charge in [0, 0.05) is 34.2 Å². The molecule has 1 N–H and O–H groups in total. The quantitative estimate of drug-likeness (QED) is 0.492. The normalized spacial score (nSPS) is 20.5. The molecule has 6 heteroatoms. The Bertz CT molecular complexity index is 1250. The highest BCUT2D eigenvalue weighted by molar-refractivity contribution is 7.10. The van der Waals surface area contributed by atoms with Gasteiger partial charge in [-0.25, -0.2) is 4.79 Å². The zero-order chi connectivity index (χ0) is 22.9. The zero-order valence-electron chi connectivity index (χ0n) is 18.6. The lowest BCUT2D eigenvalue weighted by Crippen LogP contribution is -2.35. The molecule has 0 amide bonds. The SMILES string of the molecule is CC1=C(C(=O)OCc2ccccc2)[C@H](c2ccc(C)o2)C2=C(C[C@H](c3cccs3)CC2=O)N1. The number of ketones is 1. The maximum absolute atomic E-state index is 13.5. The summed E-state index contributed by atoms with van der Waals surface area (Å²) in [6.07, 6.45) is 1.14. The fourth-order valence-electron chi connectivity index (χ4n) is 4.73. The number of hydrogen-bond donors (Lipinski definition) is 1. The predicted molar refractivity (Wildman–Crippen MR) is 127 cm³/mol. The second-order valence-corrected chi connectivity index (χ2v) is 9.52. The van der Waals surface area contributed by atoms with E-state index in [2.05, 4.69) is 11.4 Å². The molecule has 0 unspecified atom stereocenters. The molecule has 5 nitrogen and oxygen atoms in total. The van der Waals surface area contributed by atoms with Crippen LogP contribution in [0.4, 0.5) is 0 Å². The first-order valence-corrected chi connectivity index (χ1v) is 11.9. The minimum absolute atomic E-state index is 0.0436. The Kier molecular flexibility index (Phi) is 5.77. The minimum atomic E-state index is -0.574. The molecule has 2 aromatic heterocycles. The van der Waals surface area contributed by atoms with Crippen molar-refractivity contribution in [2.24, 2.45) is 0 Å². The van der Waals surface area contributed by atoms with Gasteiger partial charge in [0.1, 0.15) is 18.1 Å². The van der Waals surface area contributed by atoms with Crippen molar-refractivity contribution in [2.75, 3.05) is 0 Å². The van der Waals surface area contributed by atoms with Crippen LogP contribution in [0, 0.1) is 6.92 Å². The number of benzene rings is 1. The van der Waals surface area contributed by atoms with Gasteiger partial charge in [-0.2, -0.15) is 0 Å². The highest BCUT2D eigenvalue weighted by Crippen LogP contribution is 2.46. The Morgan fingerprint density at radius 1 is 1.09 bits per heavy atom. The number of nitrogens with one attached hydrogen (secondary N) is 1. The summed E-state index contributed by atoms with van der Waals surface area (Å²) in [5.74, 6) is 0.498. The van der Waals surface area contributed by atoms with Crippen LogP contribution in [-0.4, -0.2) is 11.8 Å². The van der Waals surface area contributed by atoms with Crippen LogP contribution in [0.15, 0.2) is 86.9 Å². The maximum Gasteiger partial charge on any atom is 0.337 e. The molecule has 1 aromatic carbocycles. The first-order valence-electron chi connectivity index (χ1n) is 11.1. The molecule has 0 saturated carbocycles. The molecule has 0 radical (unpaired) electrons. The number of furan rings is 1. The Labute approximate surface area is 196 Å². The van der Waals surface area contributed by atoms with E-state index in [1.807, 2.05) is 67.8 Å². The molecule has 0 fully saturated rings. The number of thiophene rings is 1. The average molecular weight is 460 g/mol. The molecular formula is C27H25NO4S. The van der Waals surface area contributed by atoms with Crippen molar-refractivity contribution in [3.05, 3.63) is 104 Å². The fraction of sp³-hybridized carbons (Fsp3) is 0.259. The van der Waals surface area contributed by atoms with E-state index in [-0.39, 0.29) is 18.3 Å². The van der Waals surface area contributed by atoms with Gasteiger partial charge in [-0.1, -0.05) is 36.4 Å². The maximum atomic E-state index is 13.5. The van der Waals surface area contributed by atoms with Crippen molar-refractivity contribution in [1.29, 1.82) is 0 Å². The van der Waals surface area contributed by atoms with Gasteiger partial charge in [0.15, 0.2) is 5.78 Å². The monoisotopic (exact) mass is 459 g/mol. The number of rotatable bonds is 5. The van der Waals surface area contributed by atoms with Gasteiger partial charge in [-0.15, -0.1) is 11.3 Å². The van der Waals surface area contributed by atoms with Crippen LogP contribution >= 0.6 is 11.3 Å². The highest BCUT2D eigenvalue weighted by Gasteiger charge is 2.43. The molecule has 3 aromatic rings. The summed E-state index contributed by atoms with van der Waals surface area (Å²) in [5.41, 5.74) is 3.54. The molecular weight excluding hydrogens is 434 g/mol. The second kappa shape index (κ2) is 8.87. The summed E-state index contributed by atoms with van der Waals surface area (Å²) in [4.78, 5) is 28.0. The van der Waals surface area contributed by atoms with Gasteiger partial charge in [-0.3, -0.25) is 4.79 Å². The first-order chi connectivity index (χ1) is 16.0. The largest absolute Gasteiger partial charge is 0.465 e. The van der Waals surface area contributed by atoms with Crippen molar-refractivity contribution in [3.63, 3.8) is 0 Å². The van der Waals surface area contributed by atoms with E-state index in [4.69, 9.17) is 9.15 Å². The van der Waals surface area contributed by atoms with E-state index in [0.29, 0.717) is 29.0 Å². The smallest absolute Gasteiger partial charge is 0.337 e. The summed E-state index contributed by atoms with van der Waals surface area (Å²) < 4.78 is 11.6. The Morgan fingerprint density at radius 3 is 2.61 bits per heavy atom. The lowest BCUT2D eigenvalue weighted by atomic mass is 9.74. The van der Waals surface area contributed by atoms with E-state index in [9.17, 15) is 9.59 Å². The van der Waals surface area contributed by atoms with E-state index in [1.54, 1.807) is 11.3 Å². The number of Topliss-reactive ketones (excluding diaryl/α,β-unsaturated/α-hetero) is 1. The number of dihydropyridines is 1. The van der Waals surface area contributed by atoms with Crippen LogP contribution in [0.3, 0.4) is 0 Å². The van der Waals surface area contributed by atoms with Crippen LogP contribution in [-0.2, 0) is 20.9 Å². The van der Waals surface area contributed by atoms with Crippen LogP contribution in [0.5, 0.6) is 0 Å². The molecule has 2 atom stereocenters. The summed E-state index contributed by atoms with van der Waals surface area (Å²) in [5, 5.41) is 5.42. The molecule has 1 aliphatic heterocycles. The number of hydrogen-bond acceptors (Lipinski definition) is 6. The van der Waals surface area contributed by atoms with Crippen LogP contribution < -0.4 is 5.32 Å². The van der Waals surface area contributed by atoms with Gasteiger partial charge < -0.3 is 14.5 Å². The highest BCUT2D eigenvalue weighted by atomic mass is 32.1. The second-order valence-electron chi connectivity index (χ2n) is 8.54. The standard InChI is InChI=1S/C27H25NO4S/c1-16-10-11-22(32-16)26-24(27(30)31-15-18-7-4-3-5-8-18)17(2)28-20-13-19(14-21(29)25(20)26)23-9-6-12-33-23/h3-12,19,26,28H,13-15H2,1-2H3/t19-,26-/m0/s1. The predicted octanol–water partition coefficient (Wildman–Crippen LogP) is 5.75. The van der Waals surface area contributed by atoms with Crippen LogP contribution in [0.1, 0.15) is 53.6 Å². The lowest BCUT2D eigenvalue weighted by molar-refractivity contribution is -0.140. The molecule has 1 aliphatic carbocycles. The van der Waals surface area contributed by atoms with Gasteiger partial charge in [-0.05, 0) is 49.4 Å². The third-order valence-electron chi connectivity index (χ3n) is 6.25. The van der Waals surface area contributed by atoms with Gasteiger partial charge in [0.2, 0.25) is 0 Å². The third-order valence-corrected chi connectivity index (χ3v) is 7.29. The molecule has 0 saturated heterocycles. The molecule has 0 spiro atoms. The van der Waals surface area contributed by atoms with Gasteiger partial charge in [0.25, 0.3) is 0 Å². The molecule has 3 heterocycles. The Hall–Kier alpha value is -3.38. The van der Waals surface area contributed by atoms with Gasteiger partial charge in [0.05, 0.1) is 11.5 Å². The fourth-order valence-corrected chi connectivity index (χ4v) is 5.56. The summed E-state index contributed by atoms with van der Waals surface area (Å²) in [7, 11) is 0. The van der Waals surface area contributed by atoms with E-state index in [0.717, 1.165) is 23.4 Å². The van der Waals surface area contributed by atoms with Crippen LogP contribution in [0.25, 0.3) is 0 Å². The molecule has 5 rings (SSSR count).